The van der Waals surface area contributed by atoms with E-state index in [4.69, 9.17) is 22.4 Å². The van der Waals surface area contributed by atoms with Gasteiger partial charge in [0.2, 0.25) is 0 Å². The van der Waals surface area contributed by atoms with Crippen LogP contribution in [0.4, 0.5) is 11.4 Å². The second-order valence-electron chi connectivity index (χ2n) is 2.18. The average molecular weight is 231 g/mol. The molecule has 0 atom stereocenters. The molecule has 8 nitrogen and oxygen atoms in total. The Bertz CT molecular complexity index is 387. The van der Waals surface area contributed by atoms with Crippen LogP contribution in [0.25, 0.3) is 0 Å². The number of halogens is 1. The summed E-state index contributed by atoms with van der Waals surface area (Å²) in [5, 5.41) is 32.5. The van der Waals surface area contributed by atoms with Crippen LogP contribution in [0.5, 0.6) is 0 Å². The Labute approximate surface area is 87.8 Å². The predicted molar refractivity (Wildman–Crippen MR) is 48.2 cm³/mol. The maximum atomic E-state index is 10.3. The molecule has 0 saturated carbocycles. The summed E-state index contributed by atoms with van der Waals surface area (Å²) in [7, 11) is 0. The van der Waals surface area contributed by atoms with Crippen molar-refractivity contribution in [3.05, 3.63) is 43.5 Å². The summed E-state index contributed by atoms with van der Waals surface area (Å²) in [5.41, 5.74) is -0.779. The second-order valence-corrected chi connectivity index (χ2v) is 2.62. The van der Waals surface area contributed by atoms with E-state index in [1.54, 1.807) is 0 Å². The van der Waals surface area contributed by atoms with Gasteiger partial charge in [0.1, 0.15) is 0 Å². The lowest BCUT2D eigenvalue weighted by Crippen LogP contribution is -1.92. The summed E-state index contributed by atoms with van der Waals surface area (Å²) in [6, 6.07) is 2.95. The highest BCUT2D eigenvalue weighted by Crippen LogP contribution is 2.25. The third-order valence-electron chi connectivity index (χ3n) is 1.29. The van der Waals surface area contributed by atoms with Crippen LogP contribution >= 0.6 is 11.6 Å². The fourth-order valence-corrected chi connectivity index (χ4v) is 0.993. The SMILES string of the molecule is N#N.O=[N+]([O-])c1cc(Cl)cc([N+](=O)[O-])c1. The van der Waals surface area contributed by atoms with Gasteiger partial charge in [-0.05, 0) is 0 Å². The van der Waals surface area contributed by atoms with Gasteiger partial charge in [0.15, 0.2) is 0 Å². The number of benzene rings is 1. The molecular weight excluding hydrogens is 228 g/mol. The molecule has 78 valence electrons. The highest BCUT2D eigenvalue weighted by molar-refractivity contribution is 6.31. The van der Waals surface area contributed by atoms with Crippen LogP contribution in [0, 0.1) is 31.0 Å². The molecule has 0 aromatic heterocycles. The molecule has 0 aliphatic carbocycles. The number of nitrogens with zero attached hydrogens (tertiary/aromatic N) is 4. The minimum atomic E-state index is -0.737. The molecule has 0 bridgehead atoms. The molecule has 0 unspecified atom stereocenters. The minimum Gasteiger partial charge on any atom is -0.258 e. The molecule has 0 aliphatic rings. The Hall–Kier alpha value is -2.27. The van der Waals surface area contributed by atoms with Crippen molar-refractivity contribution in [2.75, 3.05) is 0 Å². The Kier molecular flexibility index (Phi) is 4.63. The van der Waals surface area contributed by atoms with Crippen molar-refractivity contribution in [3.8, 4) is 0 Å². The molecular formula is C6H3ClN4O4. The van der Waals surface area contributed by atoms with Crippen molar-refractivity contribution < 1.29 is 9.85 Å². The molecule has 15 heavy (non-hydrogen) atoms. The van der Waals surface area contributed by atoms with Crippen molar-refractivity contribution in [2.45, 2.75) is 0 Å². The topological polar surface area (TPSA) is 134 Å². The fraction of sp³-hybridized carbons (Fsp3) is 0. The standard InChI is InChI=1S/C6H3ClN2O4.N2/c7-4-1-5(8(10)11)3-6(2-4)9(12)13;1-2/h1-3H;. The quantitative estimate of drug-likeness (QED) is 0.434. The van der Waals surface area contributed by atoms with Crippen LogP contribution in [-0.4, -0.2) is 9.85 Å². The summed E-state index contributed by atoms with van der Waals surface area (Å²) in [5.74, 6) is 0. The van der Waals surface area contributed by atoms with E-state index in [1.165, 1.54) is 0 Å². The summed E-state index contributed by atoms with van der Waals surface area (Å²) >= 11 is 5.43. The molecule has 0 saturated heterocycles. The number of hydrogen-bond acceptors (Lipinski definition) is 6. The maximum Gasteiger partial charge on any atom is 0.277 e. The molecule has 0 spiro atoms. The van der Waals surface area contributed by atoms with Gasteiger partial charge >= 0.3 is 0 Å². The van der Waals surface area contributed by atoms with Crippen LogP contribution in [0.15, 0.2) is 18.2 Å². The first-order valence-corrected chi connectivity index (χ1v) is 3.68. The van der Waals surface area contributed by atoms with Crippen LogP contribution in [0.1, 0.15) is 0 Å². The van der Waals surface area contributed by atoms with Crippen LogP contribution in [0.2, 0.25) is 5.02 Å². The Balaban J connectivity index is 0.000000921. The van der Waals surface area contributed by atoms with Gasteiger partial charge in [-0.25, -0.2) is 0 Å². The lowest BCUT2D eigenvalue weighted by molar-refractivity contribution is -0.394. The van der Waals surface area contributed by atoms with Gasteiger partial charge in [0.25, 0.3) is 11.4 Å². The lowest BCUT2D eigenvalue weighted by Gasteiger charge is -1.93. The molecule has 1 rings (SSSR count). The second kappa shape index (κ2) is 5.46. The molecule has 0 radical (unpaired) electrons. The summed E-state index contributed by atoms with van der Waals surface area (Å²) in [4.78, 5) is 19.0. The Morgan fingerprint density at radius 2 is 1.33 bits per heavy atom. The zero-order valence-electron chi connectivity index (χ0n) is 7.03. The van der Waals surface area contributed by atoms with Crippen molar-refractivity contribution in [1.29, 1.82) is 10.8 Å². The van der Waals surface area contributed by atoms with Crippen molar-refractivity contribution in [2.24, 2.45) is 0 Å². The van der Waals surface area contributed by atoms with E-state index in [2.05, 4.69) is 0 Å². The number of hydrogen-bond donors (Lipinski definition) is 0. The third kappa shape index (κ3) is 3.53. The maximum absolute atomic E-state index is 10.3. The number of non-ortho nitro benzene ring substituents is 2. The van der Waals surface area contributed by atoms with E-state index in [0.29, 0.717) is 0 Å². The van der Waals surface area contributed by atoms with Gasteiger partial charge in [-0.1, -0.05) is 11.6 Å². The van der Waals surface area contributed by atoms with Crippen LogP contribution < -0.4 is 0 Å². The number of nitro groups is 2. The van der Waals surface area contributed by atoms with Crippen LogP contribution in [-0.2, 0) is 0 Å². The summed E-state index contributed by atoms with van der Waals surface area (Å²) in [6.45, 7) is 0. The summed E-state index contributed by atoms with van der Waals surface area (Å²) in [6.07, 6.45) is 0. The van der Waals surface area contributed by atoms with Crippen molar-refractivity contribution in [3.63, 3.8) is 0 Å². The van der Waals surface area contributed by atoms with E-state index in [0.717, 1.165) is 18.2 Å². The summed E-state index contributed by atoms with van der Waals surface area (Å²) < 4.78 is 0. The zero-order chi connectivity index (χ0) is 12.0. The largest absolute Gasteiger partial charge is 0.277 e. The van der Waals surface area contributed by atoms with E-state index in [1.807, 2.05) is 0 Å². The molecule has 1 aromatic rings. The molecule has 0 N–H and O–H groups in total. The molecule has 1 aromatic carbocycles. The fourth-order valence-electron chi connectivity index (χ4n) is 0.770. The normalized spacial score (nSPS) is 8.47. The van der Waals surface area contributed by atoms with Gasteiger partial charge in [-0.15, -0.1) is 0 Å². The van der Waals surface area contributed by atoms with Gasteiger partial charge < -0.3 is 0 Å². The smallest absolute Gasteiger partial charge is 0.258 e. The Morgan fingerprint density at radius 3 is 1.60 bits per heavy atom. The molecule has 0 aliphatic heterocycles. The minimum absolute atomic E-state index is 0.0269. The monoisotopic (exact) mass is 230 g/mol. The predicted octanol–water partition coefficient (Wildman–Crippen LogP) is 2.19. The highest BCUT2D eigenvalue weighted by Gasteiger charge is 2.15. The third-order valence-corrected chi connectivity index (χ3v) is 1.51. The number of nitro benzene ring substituents is 2. The van der Waals surface area contributed by atoms with E-state index in [9.17, 15) is 20.2 Å². The van der Waals surface area contributed by atoms with E-state index in [-0.39, 0.29) is 16.4 Å². The highest BCUT2D eigenvalue weighted by atomic mass is 35.5. The first-order chi connectivity index (χ1) is 7.00. The zero-order valence-corrected chi connectivity index (χ0v) is 7.79. The van der Waals surface area contributed by atoms with Crippen molar-refractivity contribution >= 4 is 23.0 Å². The van der Waals surface area contributed by atoms with E-state index >= 15 is 0 Å². The Morgan fingerprint density at radius 1 is 1.00 bits per heavy atom. The first-order valence-electron chi connectivity index (χ1n) is 3.30. The molecule has 0 amide bonds. The number of rotatable bonds is 2. The van der Waals surface area contributed by atoms with Gasteiger partial charge in [0.05, 0.1) is 20.9 Å². The molecule has 0 heterocycles. The molecule has 0 fully saturated rings. The van der Waals surface area contributed by atoms with Gasteiger partial charge in [-0.3, -0.25) is 20.2 Å². The molecule has 9 heteroatoms. The van der Waals surface area contributed by atoms with Crippen LogP contribution in [0.3, 0.4) is 0 Å². The average Bonchev–Trinajstić information content (AvgIpc) is 2.19. The van der Waals surface area contributed by atoms with Gasteiger partial charge in [-0.2, -0.15) is 0 Å². The first kappa shape index (κ1) is 12.7. The van der Waals surface area contributed by atoms with Gasteiger partial charge in [0, 0.05) is 22.9 Å². The van der Waals surface area contributed by atoms with Crippen molar-refractivity contribution in [1.82, 2.24) is 0 Å². The lowest BCUT2D eigenvalue weighted by atomic mass is 10.3. The van der Waals surface area contributed by atoms with E-state index < -0.39 is 9.85 Å².